The van der Waals surface area contributed by atoms with Gasteiger partial charge in [0.05, 0.1) is 11.9 Å². The summed E-state index contributed by atoms with van der Waals surface area (Å²) in [4.78, 5) is 25.0. The molecule has 2 heterocycles. The van der Waals surface area contributed by atoms with Crippen LogP contribution in [0.1, 0.15) is 23.3 Å². The predicted molar refractivity (Wildman–Crippen MR) is 65.4 cm³/mol. The molecule has 2 rings (SSSR count). The summed E-state index contributed by atoms with van der Waals surface area (Å²) in [6.45, 7) is 1.05. The quantitative estimate of drug-likeness (QED) is 0.727. The molecule has 1 fully saturated rings. The van der Waals surface area contributed by atoms with Crippen LogP contribution in [0.5, 0.6) is 0 Å². The van der Waals surface area contributed by atoms with E-state index in [0.717, 1.165) is 0 Å². The molecule has 1 aliphatic rings. The Morgan fingerprint density at radius 2 is 2.00 bits per heavy atom. The molecule has 0 spiro atoms. The van der Waals surface area contributed by atoms with Crippen LogP contribution in [0.15, 0.2) is 6.20 Å². The zero-order valence-corrected chi connectivity index (χ0v) is 10.3. The van der Waals surface area contributed by atoms with Crippen LogP contribution in [0.25, 0.3) is 0 Å². The van der Waals surface area contributed by atoms with Gasteiger partial charge in [0.25, 0.3) is 5.91 Å². The lowest BCUT2D eigenvalue weighted by Gasteiger charge is -2.30. The van der Waals surface area contributed by atoms with Gasteiger partial charge in [-0.1, -0.05) is 0 Å². The monoisotopic (exact) mass is 251 g/mol. The lowest BCUT2D eigenvalue weighted by molar-refractivity contribution is -0.123. The van der Waals surface area contributed by atoms with Gasteiger partial charge in [-0.2, -0.15) is 5.10 Å². The summed E-state index contributed by atoms with van der Waals surface area (Å²) in [5.41, 5.74) is 11.7. The zero-order valence-electron chi connectivity index (χ0n) is 10.3. The van der Waals surface area contributed by atoms with Crippen molar-refractivity contribution in [3.8, 4) is 0 Å². The summed E-state index contributed by atoms with van der Waals surface area (Å²) in [6.07, 6.45) is 2.68. The lowest BCUT2D eigenvalue weighted by atomic mass is 9.96. The summed E-state index contributed by atoms with van der Waals surface area (Å²) >= 11 is 0. The highest BCUT2D eigenvalue weighted by Gasteiger charge is 2.28. The van der Waals surface area contributed by atoms with Crippen molar-refractivity contribution < 1.29 is 9.59 Å². The Balaban J connectivity index is 2.06. The number of carbonyl (C=O) groups excluding carboxylic acids is 2. The van der Waals surface area contributed by atoms with Gasteiger partial charge in [0.2, 0.25) is 5.91 Å². The molecule has 7 nitrogen and oxygen atoms in total. The van der Waals surface area contributed by atoms with Gasteiger partial charge in [-0.25, -0.2) is 0 Å². The van der Waals surface area contributed by atoms with E-state index in [2.05, 4.69) is 5.10 Å². The molecule has 0 radical (unpaired) electrons. The highest BCUT2D eigenvalue weighted by atomic mass is 16.2. The first-order chi connectivity index (χ1) is 8.50. The topological polar surface area (TPSA) is 107 Å². The SMILES string of the molecule is Cn1ncc(N)c1C(=O)N1CCC(C(N)=O)CC1. The van der Waals surface area contributed by atoms with Crippen LogP contribution in [0, 0.1) is 5.92 Å². The van der Waals surface area contributed by atoms with Crippen molar-refractivity contribution >= 4 is 17.5 Å². The Labute approximate surface area is 105 Å². The minimum atomic E-state index is -0.290. The Morgan fingerprint density at radius 3 is 2.44 bits per heavy atom. The molecule has 4 N–H and O–H groups in total. The molecule has 1 aromatic rings. The fourth-order valence-corrected chi connectivity index (χ4v) is 2.23. The summed E-state index contributed by atoms with van der Waals surface area (Å²) in [7, 11) is 1.68. The molecule has 0 unspecified atom stereocenters. The minimum Gasteiger partial charge on any atom is -0.396 e. The smallest absolute Gasteiger partial charge is 0.274 e. The van der Waals surface area contributed by atoms with Crippen molar-refractivity contribution in [3.05, 3.63) is 11.9 Å². The molecule has 0 atom stereocenters. The average Bonchev–Trinajstić information content (AvgIpc) is 2.68. The Morgan fingerprint density at radius 1 is 1.39 bits per heavy atom. The first-order valence-corrected chi connectivity index (χ1v) is 5.86. The van der Waals surface area contributed by atoms with Gasteiger partial charge in [-0.3, -0.25) is 14.3 Å². The van der Waals surface area contributed by atoms with Gasteiger partial charge in [0, 0.05) is 26.1 Å². The van der Waals surface area contributed by atoms with Crippen LogP contribution in [-0.4, -0.2) is 39.6 Å². The number of aryl methyl sites for hydroxylation is 1. The standard InChI is InChI=1S/C11H17N5O2/c1-15-9(8(12)6-14-15)11(18)16-4-2-7(3-5-16)10(13)17/h6-7H,2-5,12H2,1H3,(H2,13,17). The number of hydrogen-bond donors (Lipinski definition) is 2. The molecule has 1 saturated heterocycles. The Hall–Kier alpha value is -2.05. The Kier molecular flexibility index (Phi) is 3.22. The number of anilines is 1. The maximum absolute atomic E-state index is 12.2. The highest BCUT2D eigenvalue weighted by Crippen LogP contribution is 2.20. The third-order valence-electron chi connectivity index (χ3n) is 3.35. The van der Waals surface area contributed by atoms with E-state index < -0.39 is 0 Å². The van der Waals surface area contributed by atoms with Crippen molar-refractivity contribution in [3.63, 3.8) is 0 Å². The second-order valence-electron chi connectivity index (χ2n) is 4.54. The number of aromatic nitrogens is 2. The minimum absolute atomic E-state index is 0.127. The van der Waals surface area contributed by atoms with Gasteiger partial charge in [0.15, 0.2) is 0 Å². The fraction of sp³-hybridized carbons (Fsp3) is 0.545. The molecular formula is C11H17N5O2. The van der Waals surface area contributed by atoms with Crippen molar-refractivity contribution in [2.45, 2.75) is 12.8 Å². The van der Waals surface area contributed by atoms with Gasteiger partial charge in [-0.05, 0) is 12.8 Å². The maximum atomic E-state index is 12.2. The van der Waals surface area contributed by atoms with Gasteiger partial charge in [0.1, 0.15) is 5.69 Å². The third kappa shape index (κ3) is 2.15. The number of piperidine rings is 1. The van der Waals surface area contributed by atoms with Gasteiger partial charge < -0.3 is 16.4 Å². The molecule has 18 heavy (non-hydrogen) atoms. The van der Waals surface area contributed by atoms with E-state index in [1.165, 1.54) is 10.9 Å². The number of nitrogen functional groups attached to an aromatic ring is 1. The van der Waals surface area contributed by atoms with Crippen LogP contribution in [-0.2, 0) is 11.8 Å². The molecule has 98 valence electrons. The van der Waals surface area contributed by atoms with Crippen LogP contribution >= 0.6 is 0 Å². The number of primary amides is 1. The average molecular weight is 251 g/mol. The van der Waals surface area contributed by atoms with Gasteiger partial charge >= 0.3 is 0 Å². The van der Waals surface area contributed by atoms with Crippen LogP contribution in [0.4, 0.5) is 5.69 Å². The van der Waals surface area contributed by atoms with E-state index in [9.17, 15) is 9.59 Å². The summed E-state index contributed by atoms with van der Waals surface area (Å²) in [6, 6.07) is 0. The van der Waals surface area contributed by atoms with E-state index >= 15 is 0 Å². The molecule has 7 heteroatoms. The number of nitrogens with zero attached hydrogens (tertiary/aromatic N) is 3. The van der Waals surface area contributed by atoms with Crippen molar-refractivity contribution in [2.75, 3.05) is 18.8 Å². The molecule has 2 amide bonds. The largest absolute Gasteiger partial charge is 0.396 e. The third-order valence-corrected chi connectivity index (χ3v) is 3.35. The van der Waals surface area contributed by atoms with Crippen LogP contribution < -0.4 is 11.5 Å². The normalized spacial score (nSPS) is 16.8. The van der Waals surface area contributed by atoms with Crippen molar-refractivity contribution in [2.24, 2.45) is 18.7 Å². The predicted octanol–water partition coefficient (Wildman–Crippen LogP) is -0.660. The fourth-order valence-electron chi connectivity index (χ4n) is 2.23. The van der Waals surface area contributed by atoms with E-state index in [-0.39, 0.29) is 17.7 Å². The number of nitrogens with two attached hydrogens (primary N) is 2. The van der Waals surface area contributed by atoms with E-state index in [0.29, 0.717) is 37.3 Å². The second kappa shape index (κ2) is 4.67. The number of rotatable bonds is 2. The molecule has 0 aromatic carbocycles. The zero-order chi connectivity index (χ0) is 13.3. The highest BCUT2D eigenvalue weighted by molar-refractivity contribution is 5.97. The molecular weight excluding hydrogens is 234 g/mol. The van der Waals surface area contributed by atoms with Crippen molar-refractivity contribution in [1.82, 2.24) is 14.7 Å². The molecule has 0 saturated carbocycles. The summed E-state index contributed by atoms with van der Waals surface area (Å²) in [5, 5.41) is 3.95. The molecule has 0 aliphatic carbocycles. The number of carbonyl (C=O) groups is 2. The van der Waals surface area contributed by atoms with E-state index in [1.54, 1.807) is 11.9 Å². The second-order valence-corrected chi connectivity index (χ2v) is 4.54. The summed E-state index contributed by atoms with van der Waals surface area (Å²) < 4.78 is 1.47. The first-order valence-electron chi connectivity index (χ1n) is 5.86. The number of likely N-dealkylation sites (tertiary alicyclic amines) is 1. The number of amides is 2. The van der Waals surface area contributed by atoms with Gasteiger partial charge in [-0.15, -0.1) is 0 Å². The molecule has 1 aliphatic heterocycles. The summed E-state index contributed by atoms with van der Waals surface area (Å²) in [5.74, 6) is -0.560. The lowest BCUT2D eigenvalue weighted by Crippen LogP contribution is -2.42. The molecule has 1 aromatic heterocycles. The maximum Gasteiger partial charge on any atom is 0.274 e. The number of hydrogen-bond acceptors (Lipinski definition) is 4. The van der Waals surface area contributed by atoms with E-state index in [1.807, 2.05) is 0 Å². The first kappa shape index (κ1) is 12.4. The van der Waals surface area contributed by atoms with Crippen LogP contribution in [0.3, 0.4) is 0 Å². The van der Waals surface area contributed by atoms with Crippen LogP contribution in [0.2, 0.25) is 0 Å². The van der Waals surface area contributed by atoms with Crippen molar-refractivity contribution in [1.29, 1.82) is 0 Å². The van der Waals surface area contributed by atoms with E-state index in [4.69, 9.17) is 11.5 Å². The Bertz CT molecular complexity index is 454. The molecule has 0 bridgehead atoms.